The van der Waals surface area contributed by atoms with E-state index in [1.807, 2.05) is 0 Å². The molecule has 0 saturated heterocycles. The number of ether oxygens (including phenoxy) is 1. The van der Waals surface area contributed by atoms with E-state index in [-0.39, 0.29) is 0 Å². The quantitative estimate of drug-likeness (QED) is 0.696. The summed E-state index contributed by atoms with van der Waals surface area (Å²) in [7, 11) is 0. The van der Waals surface area contributed by atoms with Crippen LogP contribution in [0, 0.1) is 0 Å². The van der Waals surface area contributed by atoms with Crippen LogP contribution in [0.5, 0.6) is 0 Å². The first-order valence-corrected chi connectivity index (χ1v) is 8.25. The zero-order chi connectivity index (χ0) is 14.2. The highest BCUT2D eigenvalue weighted by Gasteiger charge is 2.13. The fraction of sp³-hybridized carbons (Fsp3) is 0.667. The maximum atomic E-state index is 5.44. The van der Waals surface area contributed by atoms with Crippen molar-refractivity contribution in [1.82, 2.24) is 5.32 Å². The predicted molar refractivity (Wildman–Crippen MR) is 85.4 cm³/mol. The molecule has 2 heteroatoms. The van der Waals surface area contributed by atoms with Gasteiger partial charge >= 0.3 is 0 Å². The molecule has 1 aromatic rings. The summed E-state index contributed by atoms with van der Waals surface area (Å²) in [5.74, 6) is 0. The second-order valence-electron chi connectivity index (χ2n) is 5.75. The molecule has 1 aromatic carbocycles. The molecule has 0 amide bonds. The van der Waals surface area contributed by atoms with Crippen LogP contribution < -0.4 is 5.32 Å². The summed E-state index contributed by atoms with van der Waals surface area (Å²) >= 11 is 0. The summed E-state index contributed by atoms with van der Waals surface area (Å²) in [6.07, 6.45) is 7.39. The third kappa shape index (κ3) is 4.60. The van der Waals surface area contributed by atoms with Crippen molar-refractivity contribution in [2.45, 2.75) is 58.4 Å². The molecule has 0 heterocycles. The first-order chi connectivity index (χ1) is 9.83. The van der Waals surface area contributed by atoms with Crippen molar-refractivity contribution in [3.8, 4) is 0 Å². The van der Waals surface area contributed by atoms with Gasteiger partial charge in [-0.1, -0.05) is 25.1 Å². The summed E-state index contributed by atoms with van der Waals surface area (Å²) in [6, 6.07) is 7.70. The van der Waals surface area contributed by atoms with Gasteiger partial charge in [0.2, 0.25) is 0 Å². The third-order valence-corrected chi connectivity index (χ3v) is 4.18. The molecule has 1 aliphatic carbocycles. The molecule has 1 unspecified atom stereocenters. The summed E-state index contributed by atoms with van der Waals surface area (Å²) in [4.78, 5) is 0. The van der Waals surface area contributed by atoms with Crippen LogP contribution in [0.4, 0.5) is 0 Å². The Labute approximate surface area is 123 Å². The number of hydrogen-bond acceptors (Lipinski definition) is 2. The van der Waals surface area contributed by atoms with E-state index < -0.39 is 0 Å². The lowest BCUT2D eigenvalue weighted by Crippen LogP contribution is -2.31. The van der Waals surface area contributed by atoms with Gasteiger partial charge in [-0.3, -0.25) is 0 Å². The number of fused-ring (bicyclic) bond motifs is 1. The Morgan fingerprint density at radius 3 is 2.85 bits per heavy atom. The van der Waals surface area contributed by atoms with Crippen LogP contribution in [0.25, 0.3) is 0 Å². The Hall–Kier alpha value is -0.860. The van der Waals surface area contributed by atoms with E-state index >= 15 is 0 Å². The minimum absolute atomic E-state index is 0.583. The summed E-state index contributed by atoms with van der Waals surface area (Å²) in [6.45, 7) is 7.02. The average Bonchev–Trinajstić information content (AvgIpc) is 2.91. The van der Waals surface area contributed by atoms with E-state index in [1.165, 1.54) is 31.2 Å². The van der Waals surface area contributed by atoms with E-state index in [1.54, 1.807) is 11.1 Å². The van der Waals surface area contributed by atoms with Gasteiger partial charge in [-0.2, -0.15) is 0 Å². The van der Waals surface area contributed by atoms with Crippen LogP contribution in [-0.4, -0.2) is 25.8 Å². The van der Waals surface area contributed by atoms with Crippen molar-refractivity contribution in [1.29, 1.82) is 0 Å². The Balaban J connectivity index is 1.86. The van der Waals surface area contributed by atoms with Gasteiger partial charge in [0.25, 0.3) is 0 Å². The Bertz CT molecular complexity index is 402. The molecule has 112 valence electrons. The standard InChI is InChI=1S/C18H29NO/c1-3-19-18(9-6-12-20-4-2)14-15-10-11-16-7-5-8-17(16)13-15/h10-11,13,18-19H,3-9,12,14H2,1-2H3. The molecule has 1 N–H and O–H groups in total. The van der Waals surface area contributed by atoms with Crippen LogP contribution in [-0.2, 0) is 24.0 Å². The summed E-state index contributed by atoms with van der Waals surface area (Å²) in [5, 5.41) is 3.62. The number of hydrogen-bond donors (Lipinski definition) is 1. The normalized spacial score (nSPS) is 15.3. The highest BCUT2D eigenvalue weighted by molar-refractivity contribution is 5.35. The Morgan fingerprint density at radius 2 is 2.05 bits per heavy atom. The first kappa shape index (κ1) is 15.5. The van der Waals surface area contributed by atoms with Gasteiger partial charge in [-0.25, -0.2) is 0 Å². The van der Waals surface area contributed by atoms with Crippen molar-refractivity contribution in [2.24, 2.45) is 0 Å². The molecule has 0 radical (unpaired) electrons. The topological polar surface area (TPSA) is 21.3 Å². The lowest BCUT2D eigenvalue weighted by molar-refractivity contribution is 0.141. The first-order valence-electron chi connectivity index (χ1n) is 8.25. The van der Waals surface area contributed by atoms with Crippen LogP contribution in [0.3, 0.4) is 0 Å². The smallest absolute Gasteiger partial charge is 0.0466 e. The zero-order valence-electron chi connectivity index (χ0n) is 13.1. The maximum absolute atomic E-state index is 5.44. The van der Waals surface area contributed by atoms with Crippen LogP contribution in [0.2, 0.25) is 0 Å². The summed E-state index contributed by atoms with van der Waals surface area (Å²) < 4.78 is 5.44. The van der Waals surface area contributed by atoms with Crippen molar-refractivity contribution >= 4 is 0 Å². The van der Waals surface area contributed by atoms with Crippen LogP contribution in [0.1, 0.15) is 49.8 Å². The number of nitrogens with one attached hydrogen (secondary N) is 1. The van der Waals surface area contributed by atoms with E-state index in [2.05, 4.69) is 37.4 Å². The summed E-state index contributed by atoms with van der Waals surface area (Å²) in [5.41, 5.74) is 4.66. The number of likely N-dealkylation sites (N-methyl/N-ethyl adjacent to an activating group) is 1. The zero-order valence-corrected chi connectivity index (χ0v) is 13.1. The molecular weight excluding hydrogens is 246 g/mol. The molecule has 2 nitrogen and oxygen atoms in total. The van der Waals surface area contributed by atoms with Gasteiger partial charge in [0.05, 0.1) is 0 Å². The fourth-order valence-electron chi connectivity index (χ4n) is 3.18. The molecular formula is C18H29NO. The van der Waals surface area contributed by atoms with Gasteiger partial charge in [0.1, 0.15) is 0 Å². The average molecular weight is 275 g/mol. The molecule has 2 rings (SSSR count). The van der Waals surface area contributed by atoms with Crippen LogP contribution in [0.15, 0.2) is 18.2 Å². The lowest BCUT2D eigenvalue weighted by Gasteiger charge is -2.18. The largest absolute Gasteiger partial charge is 0.382 e. The molecule has 1 aliphatic rings. The Kier molecular flexibility index (Phi) is 6.55. The van der Waals surface area contributed by atoms with E-state index in [9.17, 15) is 0 Å². The van der Waals surface area contributed by atoms with Gasteiger partial charge in [-0.05, 0) is 68.7 Å². The van der Waals surface area contributed by atoms with Crippen molar-refractivity contribution < 1.29 is 4.74 Å². The van der Waals surface area contributed by atoms with E-state index in [4.69, 9.17) is 4.74 Å². The van der Waals surface area contributed by atoms with Crippen LogP contribution >= 0.6 is 0 Å². The second-order valence-corrected chi connectivity index (χ2v) is 5.75. The molecule has 0 spiro atoms. The SMILES string of the molecule is CCNC(CCCOCC)Cc1ccc2c(c1)CCC2. The monoisotopic (exact) mass is 275 g/mol. The van der Waals surface area contributed by atoms with Gasteiger partial charge < -0.3 is 10.1 Å². The predicted octanol–water partition coefficient (Wildman–Crippen LogP) is 3.51. The van der Waals surface area contributed by atoms with Crippen molar-refractivity contribution in [3.05, 3.63) is 34.9 Å². The van der Waals surface area contributed by atoms with Crippen molar-refractivity contribution in [3.63, 3.8) is 0 Å². The minimum Gasteiger partial charge on any atom is -0.382 e. The molecule has 0 aromatic heterocycles. The molecule has 0 saturated carbocycles. The molecule has 20 heavy (non-hydrogen) atoms. The van der Waals surface area contributed by atoms with E-state index in [0.717, 1.165) is 32.6 Å². The fourth-order valence-corrected chi connectivity index (χ4v) is 3.18. The Morgan fingerprint density at radius 1 is 1.20 bits per heavy atom. The number of benzene rings is 1. The van der Waals surface area contributed by atoms with E-state index in [0.29, 0.717) is 6.04 Å². The van der Waals surface area contributed by atoms with Gasteiger partial charge in [0, 0.05) is 19.3 Å². The molecule has 0 bridgehead atoms. The number of rotatable bonds is 9. The van der Waals surface area contributed by atoms with Gasteiger partial charge in [-0.15, -0.1) is 0 Å². The second kappa shape index (κ2) is 8.43. The third-order valence-electron chi connectivity index (χ3n) is 4.18. The minimum atomic E-state index is 0.583. The van der Waals surface area contributed by atoms with Crippen molar-refractivity contribution in [2.75, 3.05) is 19.8 Å². The molecule has 0 aliphatic heterocycles. The molecule has 1 atom stereocenters. The highest BCUT2D eigenvalue weighted by atomic mass is 16.5. The molecule has 0 fully saturated rings. The number of aryl methyl sites for hydroxylation is 2. The lowest BCUT2D eigenvalue weighted by atomic mass is 9.98. The van der Waals surface area contributed by atoms with Gasteiger partial charge in [0.15, 0.2) is 0 Å². The maximum Gasteiger partial charge on any atom is 0.0466 e. The highest BCUT2D eigenvalue weighted by Crippen LogP contribution is 2.23.